The molecule has 3 N–H and O–H groups in total. The summed E-state index contributed by atoms with van der Waals surface area (Å²) in [4.78, 5) is 30.6. The second-order valence-electron chi connectivity index (χ2n) is 12.5. The summed E-state index contributed by atoms with van der Waals surface area (Å²) < 4.78 is 46.8. The number of likely N-dealkylation sites (N-methyl/N-ethyl adjacent to an activating group) is 1. The number of fused-ring (bicyclic) bond motifs is 1. The highest BCUT2D eigenvalue weighted by Crippen LogP contribution is 2.30. The number of urea groups is 1. The number of carbonyl (C=O) groups is 2. The summed E-state index contributed by atoms with van der Waals surface area (Å²) in [6.45, 7) is 6.22. The molecule has 0 spiro atoms. The van der Waals surface area contributed by atoms with Crippen molar-refractivity contribution in [2.45, 2.75) is 63.2 Å². The molecule has 0 saturated heterocycles. The Morgan fingerprint density at radius 1 is 1.06 bits per heavy atom. The van der Waals surface area contributed by atoms with Gasteiger partial charge in [0.05, 0.1) is 42.4 Å². The third kappa shape index (κ3) is 10.3. The van der Waals surface area contributed by atoms with Gasteiger partial charge in [0.2, 0.25) is 0 Å². The molecule has 4 rings (SSSR count). The average molecular weight is 697 g/mol. The van der Waals surface area contributed by atoms with Gasteiger partial charge in [-0.05, 0) is 87.7 Å². The van der Waals surface area contributed by atoms with Gasteiger partial charge in [-0.15, -0.1) is 0 Å². The lowest BCUT2D eigenvalue weighted by Gasteiger charge is -2.35. The summed E-state index contributed by atoms with van der Waals surface area (Å²) in [5, 5.41) is 13.1. The molecular weight excluding hydrogens is 648 g/mol. The highest BCUT2D eigenvalue weighted by molar-refractivity contribution is 7.92. The van der Waals surface area contributed by atoms with Gasteiger partial charge in [-0.25, -0.2) is 13.2 Å². The maximum Gasteiger partial charge on any atom is 0.321 e. The van der Waals surface area contributed by atoms with Crippen molar-refractivity contribution >= 4 is 33.3 Å². The van der Waals surface area contributed by atoms with Crippen molar-refractivity contribution in [1.82, 2.24) is 9.80 Å². The van der Waals surface area contributed by atoms with Crippen LogP contribution in [-0.2, 0) is 14.8 Å². The molecule has 0 aliphatic carbocycles. The number of hydrogen-bond donors (Lipinski definition) is 3. The van der Waals surface area contributed by atoms with E-state index >= 15 is 0 Å². The average Bonchev–Trinajstić information content (AvgIpc) is 3.09. The topological polar surface area (TPSA) is 147 Å². The van der Waals surface area contributed by atoms with Crippen LogP contribution in [0.4, 0.5) is 16.2 Å². The molecule has 0 bridgehead atoms. The molecule has 0 fully saturated rings. The fraction of sp³-hybridized carbons (Fsp3) is 0.444. The first-order valence-corrected chi connectivity index (χ1v) is 18.0. The molecule has 13 heteroatoms. The molecule has 4 atom stereocenters. The number of nitrogens with one attached hydrogen (secondary N) is 2. The van der Waals surface area contributed by atoms with E-state index < -0.39 is 28.1 Å². The van der Waals surface area contributed by atoms with Gasteiger partial charge in [0.15, 0.2) is 0 Å². The third-order valence-corrected chi connectivity index (χ3v) is 9.90. The molecular formula is C36H48N4O8S. The van der Waals surface area contributed by atoms with Gasteiger partial charge < -0.3 is 34.4 Å². The Morgan fingerprint density at radius 2 is 1.78 bits per heavy atom. The number of amides is 3. The van der Waals surface area contributed by atoms with Crippen LogP contribution in [0, 0.1) is 5.92 Å². The first-order chi connectivity index (χ1) is 23.4. The van der Waals surface area contributed by atoms with Gasteiger partial charge in [0.1, 0.15) is 11.5 Å². The minimum atomic E-state index is -4.00. The van der Waals surface area contributed by atoms with Crippen molar-refractivity contribution in [2.24, 2.45) is 5.92 Å². The van der Waals surface area contributed by atoms with Crippen LogP contribution < -0.4 is 19.5 Å². The number of aliphatic hydroxyl groups excluding tert-OH is 1. The van der Waals surface area contributed by atoms with E-state index in [1.54, 1.807) is 48.0 Å². The number of rotatable bonds is 9. The van der Waals surface area contributed by atoms with Crippen molar-refractivity contribution in [1.29, 1.82) is 0 Å². The summed E-state index contributed by atoms with van der Waals surface area (Å²) in [7, 11) is -0.803. The standard InChI is InChI=1S/C36H48N4O8S/c1-25-22-40(26(2)24-41)35(42)32-21-29(38-49(44,45)31-17-15-30(46-5)16-18-31)14-19-33(32)48-27(3)11-9-10-20-47-34(25)23-39(4)36(43)37-28-12-7-6-8-13-28/h6-8,12-19,21,25-27,34,38,41H,9-11,20,22-24H2,1-5H3,(H,37,43)/t25-,26+,27+,34+/m0/s1. The highest BCUT2D eigenvalue weighted by atomic mass is 32.2. The Kier molecular flexibility index (Phi) is 13.3. The van der Waals surface area contributed by atoms with E-state index in [2.05, 4.69) is 10.0 Å². The number of hydrogen-bond acceptors (Lipinski definition) is 8. The number of aliphatic hydroxyl groups is 1. The van der Waals surface area contributed by atoms with Crippen LogP contribution >= 0.6 is 0 Å². The number of ether oxygens (including phenoxy) is 3. The Hall–Kier alpha value is -4.33. The lowest BCUT2D eigenvalue weighted by Crippen LogP contribution is -2.48. The predicted molar refractivity (Wildman–Crippen MR) is 189 cm³/mol. The summed E-state index contributed by atoms with van der Waals surface area (Å²) >= 11 is 0. The zero-order valence-corrected chi connectivity index (χ0v) is 29.6. The molecule has 0 unspecified atom stereocenters. The Labute approximate surface area is 289 Å². The second kappa shape index (κ2) is 17.4. The highest BCUT2D eigenvalue weighted by Gasteiger charge is 2.31. The van der Waals surface area contributed by atoms with E-state index in [4.69, 9.17) is 14.2 Å². The number of nitrogens with zero attached hydrogens (tertiary/aromatic N) is 2. The maximum atomic E-state index is 14.4. The molecule has 1 aliphatic heterocycles. The van der Waals surface area contributed by atoms with Gasteiger partial charge in [-0.3, -0.25) is 9.52 Å². The van der Waals surface area contributed by atoms with Crippen molar-refractivity contribution in [3.8, 4) is 11.5 Å². The largest absolute Gasteiger partial charge is 0.497 e. The lowest BCUT2D eigenvalue weighted by molar-refractivity contribution is -0.0115. The molecule has 266 valence electrons. The van der Waals surface area contributed by atoms with E-state index in [0.29, 0.717) is 30.2 Å². The summed E-state index contributed by atoms with van der Waals surface area (Å²) in [6.07, 6.45) is 1.60. The molecule has 3 amide bonds. The molecule has 3 aromatic carbocycles. The van der Waals surface area contributed by atoms with Crippen LogP contribution in [0.2, 0.25) is 0 Å². The first-order valence-electron chi connectivity index (χ1n) is 16.5. The Bertz CT molecular complexity index is 1640. The SMILES string of the molecule is COc1ccc(S(=O)(=O)Nc2ccc3c(c2)C(=O)N([C@H](C)CO)C[C@H](C)[C@@H](CN(C)C(=O)Nc2ccccc2)OCCCC[C@@H](C)O3)cc1. The normalized spacial score (nSPS) is 19.8. The Morgan fingerprint density at radius 3 is 2.45 bits per heavy atom. The number of anilines is 2. The zero-order chi connectivity index (χ0) is 35.6. The fourth-order valence-corrected chi connectivity index (χ4v) is 6.56. The van der Waals surface area contributed by atoms with Gasteiger partial charge >= 0.3 is 6.03 Å². The van der Waals surface area contributed by atoms with E-state index in [9.17, 15) is 23.1 Å². The van der Waals surface area contributed by atoms with Crippen LogP contribution in [0.15, 0.2) is 77.7 Å². The molecule has 1 heterocycles. The van der Waals surface area contributed by atoms with Crippen LogP contribution in [0.25, 0.3) is 0 Å². The number of carbonyl (C=O) groups excluding carboxylic acids is 2. The van der Waals surface area contributed by atoms with Crippen molar-refractivity contribution in [3.63, 3.8) is 0 Å². The lowest BCUT2D eigenvalue weighted by atomic mass is 10.0. The van der Waals surface area contributed by atoms with Crippen LogP contribution in [-0.4, -0.2) is 94.0 Å². The van der Waals surface area contributed by atoms with Gasteiger partial charge in [-0.1, -0.05) is 25.1 Å². The van der Waals surface area contributed by atoms with Crippen molar-refractivity contribution < 1.29 is 37.3 Å². The number of para-hydroxylation sites is 1. The summed E-state index contributed by atoms with van der Waals surface area (Å²) in [5.74, 6) is 0.138. The van der Waals surface area contributed by atoms with Gasteiger partial charge in [0, 0.05) is 44.0 Å². The van der Waals surface area contributed by atoms with E-state index in [-0.39, 0.29) is 53.9 Å². The van der Waals surface area contributed by atoms with E-state index in [0.717, 1.165) is 12.8 Å². The molecule has 1 aliphatic rings. The van der Waals surface area contributed by atoms with Crippen LogP contribution in [0.3, 0.4) is 0 Å². The zero-order valence-electron chi connectivity index (χ0n) is 28.8. The van der Waals surface area contributed by atoms with Crippen LogP contribution in [0.5, 0.6) is 11.5 Å². The summed E-state index contributed by atoms with van der Waals surface area (Å²) in [5.41, 5.74) is 1.01. The molecule has 12 nitrogen and oxygen atoms in total. The van der Waals surface area contributed by atoms with E-state index in [1.807, 2.05) is 44.2 Å². The smallest absolute Gasteiger partial charge is 0.321 e. The van der Waals surface area contributed by atoms with Crippen molar-refractivity contribution in [2.75, 3.05) is 50.5 Å². The summed E-state index contributed by atoms with van der Waals surface area (Å²) in [6, 6.07) is 18.9. The maximum absolute atomic E-state index is 14.4. The fourth-order valence-electron chi connectivity index (χ4n) is 5.51. The molecule has 49 heavy (non-hydrogen) atoms. The first kappa shape index (κ1) is 37.5. The molecule has 0 aromatic heterocycles. The quantitative estimate of drug-likeness (QED) is 0.268. The number of sulfonamides is 1. The van der Waals surface area contributed by atoms with Crippen LogP contribution in [0.1, 0.15) is 50.4 Å². The van der Waals surface area contributed by atoms with E-state index in [1.165, 1.54) is 25.3 Å². The van der Waals surface area contributed by atoms with Gasteiger partial charge in [0.25, 0.3) is 15.9 Å². The Balaban J connectivity index is 1.63. The molecule has 3 aromatic rings. The molecule has 0 radical (unpaired) electrons. The minimum absolute atomic E-state index is 0.0300. The monoisotopic (exact) mass is 696 g/mol. The minimum Gasteiger partial charge on any atom is -0.497 e. The number of benzene rings is 3. The second-order valence-corrected chi connectivity index (χ2v) is 14.2. The third-order valence-electron chi connectivity index (χ3n) is 8.50. The van der Waals surface area contributed by atoms with Crippen molar-refractivity contribution in [3.05, 3.63) is 78.4 Å². The predicted octanol–water partition coefficient (Wildman–Crippen LogP) is 5.46. The molecule has 0 saturated carbocycles. The number of methoxy groups -OCH3 is 1. The van der Waals surface area contributed by atoms with Gasteiger partial charge in [-0.2, -0.15) is 0 Å².